The molecule has 0 fully saturated rings. The van der Waals surface area contributed by atoms with Gasteiger partial charge in [-0.2, -0.15) is 10.1 Å². The molecular weight excluding hydrogens is 350 g/mol. The molecule has 0 amide bonds. The highest BCUT2D eigenvalue weighted by Gasteiger charge is 2.09. The van der Waals surface area contributed by atoms with Crippen molar-refractivity contribution in [1.29, 1.82) is 0 Å². The Morgan fingerprint density at radius 2 is 1.86 bits per heavy atom. The summed E-state index contributed by atoms with van der Waals surface area (Å²) in [7, 11) is 0. The molecule has 3 heterocycles. The summed E-state index contributed by atoms with van der Waals surface area (Å²) < 4.78 is 6.83. The molecule has 0 radical (unpaired) electrons. The predicted octanol–water partition coefficient (Wildman–Crippen LogP) is 4.51. The van der Waals surface area contributed by atoms with Gasteiger partial charge < -0.3 is 4.52 Å². The number of hydrogen-bond donors (Lipinski definition) is 0. The van der Waals surface area contributed by atoms with Crippen LogP contribution < -0.4 is 0 Å². The molecule has 0 saturated heterocycles. The average Bonchev–Trinajstić information content (AvgIpc) is 3.37. The van der Waals surface area contributed by atoms with E-state index in [-0.39, 0.29) is 0 Å². The molecule has 0 spiro atoms. The van der Waals surface area contributed by atoms with Gasteiger partial charge in [0.1, 0.15) is 6.54 Å². The molecule has 6 nitrogen and oxygen atoms in total. The van der Waals surface area contributed by atoms with Crippen LogP contribution in [0.4, 0.5) is 0 Å². The highest BCUT2D eigenvalue weighted by molar-refractivity contribution is 5.96. The topological polar surface area (TPSA) is 69.6 Å². The number of aromatic nitrogens is 5. The van der Waals surface area contributed by atoms with E-state index < -0.39 is 0 Å². The SMILES string of the molecule is Cc1nc(Cn2ccc(-c3cccc(-c4cncc5ccccc45)c3)n2)no1. The number of benzene rings is 2. The zero-order chi connectivity index (χ0) is 18.9. The molecule has 136 valence electrons. The Labute approximate surface area is 161 Å². The van der Waals surface area contributed by atoms with E-state index in [1.54, 1.807) is 6.92 Å². The van der Waals surface area contributed by atoms with Gasteiger partial charge in [-0.25, -0.2) is 0 Å². The fourth-order valence-corrected chi connectivity index (χ4v) is 3.35. The number of fused-ring (bicyclic) bond motifs is 1. The van der Waals surface area contributed by atoms with E-state index in [1.807, 2.05) is 41.5 Å². The van der Waals surface area contributed by atoms with Gasteiger partial charge in [-0.1, -0.05) is 47.6 Å². The van der Waals surface area contributed by atoms with Crippen LogP contribution in [-0.2, 0) is 6.54 Å². The summed E-state index contributed by atoms with van der Waals surface area (Å²) in [6, 6.07) is 18.6. The molecule has 0 bridgehead atoms. The molecule has 0 aliphatic carbocycles. The van der Waals surface area contributed by atoms with Crippen LogP contribution in [0.2, 0.25) is 0 Å². The van der Waals surface area contributed by atoms with E-state index >= 15 is 0 Å². The van der Waals surface area contributed by atoms with Crippen LogP contribution in [0.3, 0.4) is 0 Å². The summed E-state index contributed by atoms with van der Waals surface area (Å²) in [5.74, 6) is 1.17. The van der Waals surface area contributed by atoms with Gasteiger partial charge in [0.2, 0.25) is 5.89 Å². The minimum atomic E-state index is 0.476. The third-order valence-electron chi connectivity index (χ3n) is 4.65. The lowest BCUT2D eigenvalue weighted by atomic mass is 9.99. The Bertz CT molecular complexity index is 1270. The number of nitrogens with zero attached hydrogens (tertiary/aromatic N) is 5. The minimum Gasteiger partial charge on any atom is -0.340 e. The van der Waals surface area contributed by atoms with Crippen LogP contribution in [0.25, 0.3) is 33.2 Å². The van der Waals surface area contributed by atoms with Crippen LogP contribution in [0.15, 0.2) is 77.7 Å². The molecule has 0 aliphatic heterocycles. The molecule has 0 atom stereocenters. The zero-order valence-electron chi connectivity index (χ0n) is 15.3. The maximum atomic E-state index is 5.02. The molecule has 0 aliphatic rings. The van der Waals surface area contributed by atoms with Crippen molar-refractivity contribution in [3.63, 3.8) is 0 Å². The van der Waals surface area contributed by atoms with E-state index in [9.17, 15) is 0 Å². The number of pyridine rings is 1. The van der Waals surface area contributed by atoms with Gasteiger partial charge in [-0.3, -0.25) is 9.67 Å². The summed E-state index contributed by atoms with van der Waals surface area (Å²) in [5, 5.41) is 10.9. The van der Waals surface area contributed by atoms with Gasteiger partial charge in [0.25, 0.3) is 0 Å². The molecule has 28 heavy (non-hydrogen) atoms. The first-order valence-electron chi connectivity index (χ1n) is 9.02. The highest BCUT2D eigenvalue weighted by Crippen LogP contribution is 2.30. The Kier molecular flexibility index (Phi) is 3.94. The Balaban J connectivity index is 1.49. The molecule has 2 aromatic carbocycles. The predicted molar refractivity (Wildman–Crippen MR) is 107 cm³/mol. The second-order valence-corrected chi connectivity index (χ2v) is 6.62. The van der Waals surface area contributed by atoms with Gasteiger partial charge in [-0.15, -0.1) is 0 Å². The summed E-state index contributed by atoms with van der Waals surface area (Å²) in [6.07, 6.45) is 5.73. The monoisotopic (exact) mass is 367 g/mol. The number of rotatable bonds is 4. The van der Waals surface area contributed by atoms with Crippen LogP contribution >= 0.6 is 0 Å². The Hall–Kier alpha value is -3.80. The fourth-order valence-electron chi connectivity index (χ4n) is 3.35. The standard InChI is InChI=1S/C22H17N5O/c1-15-24-22(26-28-15)14-27-10-9-21(25-27)17-7-4-6-16(11-17)20-13-23-12-18-5-2-3-8-19(18)20/h2-13H,14H2,1H3. The lowest BCUT2D eigenvalue weighted by Gasteiger charge is -2.07. The average molecular weight is 367 g/mol. The molecule has 3 aromatic heterocycles. The third kappa shape index (κ3) is 3.05. The van der Waals surface area contributed by atoms with Crippen LogP contribution in [0.5, 0.6) is 0 Å². The van der Waals surface area contributed by atoms with E-state index in [0.29, 0.717) is 18.3 Å². The lowest BCUT2D eigenvalue weighted by molar-refractivity contribution is 0.385. The molecular formula is C22H17N5O. The summed E-state index contributed by atoms with van der Waals surface area (Å²) >= 11 is 0. The summed E-state index contributed by atoms with van der Waals surface area (Å²) in [6.45, 7) is 2.25. The first-order valence-corrected chi connectivity index (χ1v) is 9.02. The van der Waals surface area contributed by atoms with E-state index in [1.165, 1.54) is 5.39 Å². The van der Waals surface area contributed by atoms with Crippen molar-refractivity contribution in [3.05, 3.63) is 84.9 Å². The molecule has 6 heteroatoms. The van der Waals surface area contributed by atoms with Crippen molar-refractivity contribution < 1.29 is 4.52 Å². The highest BCUT2D eigenvalue weighted by atomic mass is 16.5. The number of hydrogen-bond acceptors (Lipinski definition) is 5. The molecule has 0 N–H and O–H groups in total. The van der Waals surface area contributed by atoms with Gasteiger partial charge in [0, 0.05) is 42.0 Å². The molecule has 5 aromatic rings. The third-order valence-corrected chi connectivity index (χ3v) is 4.65. The Morgan fingerprint density at radius 3 is 2.75 bits per heavy atom. The van der Waals surface area contributed by atoms with Crippen molar-refractivity contribution in [2.75, 3.05) is 0 Å². The van der Waals surface area contributed by atoms with Crippen molar-refractivity contribution in [3.8, 4) is 22.4 Å². The number of aryl methyl sites for hydroxylation is 1. The largest absolute Gasteiger partial charge is 0.340 e. The van der Waals surface area contributed by atoms with Crippen LogP contribution in [-0.4, -0.2) is 24.9 Å². The van der Waals surface area contributed by atoms with E-state index in [2.05, 4.69) is 56.6 Å². The fraction of sp³-hybridized carbons (Fsp3) is 0.0909. The maximum absolute atomic E-state index is 5.02. The van der Waals surface area contributed by atoms with Crippen molar-refractivity contribution in [1.82, 2.24) is 24.9 Å². The molecule has 0 saturated carbocycles. The zero-order valence-corrected chi connectivity index (χ0v) is 15.3. The molecule has 0 unspecified atom stereocenters. The van der Waals surface area contributed by atoms with Gasteiger partial charge in [-0.05, 0) is 23.1 Å². The lowest BCUT2D eigenvalue weighted by Crippen LogP contribution is -2.02. The normalized spacial score (nSPS) is 11.2. The Morgan fingerprint density at radius 1 is 0.964 bits per heavy atom. The first kappa shape index (κ1) is 16.4. The second kappa shape index (κ2) is 6.74. The van der Waals surface area contributed by atoms with Crippen LogP contribution in [0, 0.1) is 6.92 Å². The first-order chi connectivity index (χ1) is 13.8. The van der Waals surface area contributed by atoms with E-state index in [0.717, 1.165) is 27.8 Å². The maximum Gasteiger partial charge on any atom is 0.223 e. The van der Waals surface area contributed by atoms with Crippen molar-refractivity contribution in [2.45, 2.75) is 13.5 Å². The van der Waals surface area contributed by atoms with Crippen molar-refractivity contribution >= 4 is 10.8 Å². The van der Waals surface area contributed by atoms with Gasteiger partial charge in [0.15, 0.2) is 5.82 Å². The quantitative estimate of drug-likeness (QED) is 0.468. The smallest absolute Gasteiger partial charge is 0.223 e. The summed E-state index contributed by atoms with van der Waals surface area (Å²) in [4.78, 5) is 8.63. The van der Waals surface area contributed by atoms with Crippen molar-refractivity contribution in [2.24, 2.45) is 0 Å². The van der Waals surface area contributed by atoms with Gasteiger partial charge in [0.05, 0.1) is 5.69 Å². The second-order valence-electron chi connectivity index (χ2n) is 6.62. The summed E-state index contributed by atoms with van der Waals surface area (Å²) in [5.41, 5.74) is 4.18. The molecule has 5 rings (SSSR count). The van der Waals surface area contributed by atoms with E-state index in [4.69, 9.17) is 4.52 Å². The van der Waals surface area contributed by atoms with Crippen LogP contribution in [0.1, 0.15) is 11.7 Å². The van der Waals surface area contributed by atoms with Gasteiger partial charge >= 0.3 is 0 Å². The minimum absolute atomic E-state index is 0.476.